The lowest BCUT2D eigenvalue weighted by atomic mass is 10.0. The Labute approximate surface area is 177 Å². The first-order valence-electron chi connectivity index (χ1n) is 10.5. The topological polar surface area (TPSA) is 78.4 Å². The lowest BCUT2D eigenvalue weighted by molar-refractivity contribution is 0.0954. The molecule has 0 aliphatic heterocycles. The first-order valence-corrected chi connectivity index (χ1v) is 10.5. The Morgan fingerprint density at radius 2 is 1.47 bits per heavy atom. The number of carbonyl (C=O) groups excluding carboxylic acids is 2. The Bertz CT molecular complexity index is 1030. The Morgan fingerprint density at radius 3 is 2.23 bits per heavy atom. The lowest BCUT2D eigenvalue weighted by Crippen LogP contribution is -2.26. The van der Waals surface area contributed by atoms with Crippen molar-refractivity contribution in [3.05, 3.63) is 71.8 Å². The second-order valence-corrected chi connectivity index (χ2v) is 7.39. The SMILES string of the molecule is CCCCCCCNC(=O)c1ccccc1NC(=O)c1cc2ccccc2cc1O. The van der Waals surface area contributed by atoms with Gasteiger partial charge < -0.3 is 15.7 Å². The van der Waals surface area contributed by atoms with Gasteiger partial charge >= 0.3 is 0 Å². The molecule has 0 unspecified atom stereocenters. The number of phenols is 1. The number of nitrogens with one attached hydrogen (secondary N) is 2. The number of aromatic hydroxyl groups is 1. The third kappa shape index (κ3) is 5.38. The van der Waals surface area contributed by atoms with Crippen LogP contribution in [0.5, 0.6) is 5.75 Å². The largest absolute Gasteiger partial charge is 0.507 e. The molecule has 3 aromatic carbocycles. The Kier molecular flexibility index (Phi) is 7.44. The van der Waals surface area contributed by atoms with Gasteiger partial charge in [-0.15, -0.1) is 0 Å². The number of amides is 2. The summed E-state index contributed by atoms with van der Waals surface area (Å²) < 4.78 is 0. The van der Waals surface area contributed by atoms with Crippen molar-refractivity contribution >= 4 is 28.3 Å². The number of anilines is 1. The third-order valence-corrected chi connectivity index (χ3v) is 5.09. The van der Waals surface area contributed by atoms with Crippen molar-refractivity contribution < 1.29 is 14.7 Å². The summed E-state index contributed by atoms with van der Waals surface area (Å²) in [5, 5.41) is 17.7. The van der Waals surface area contributed by atoms with Crippen molar-refractivity contribution in [2.24, 2.45) is 0 Å². The number of benzene rings is 3. The second kappa shape index (κ2) is 10.4. The van der Waals surface area contributed by atoms with Gasteiger partial charge in [0.15, 0.2) is 0 Å². The standard InChI is InChI=1S/C25H28N2O3/c1-2-3-4-5-10-15-26-24(29)20-13-8-9-14-22(20)27-25(30)21-16-18-11-6-7-12-19(18)17-23(21)28/h6-9,11-14,16-17,28H,2-5,10,15H2,1H3,(H,26,29)(H,27,30). The fraction of sp³-hybridized carbons (Fsp3) is 0.280. The van der Waals surface area contributed by atoms with Crippen molar-refractivity contribution in [2.45, 2.75) is 39.0 Å². The van der Waals surface area contributed by atoms with Crippen LogP contribution in [0.15, 0.2) is 60.7 Å². The molecule has 3 rings (SSSR count). The van der Waals surface area contributed by atoms with Gasteiger partial charge in [-0.2, -0.15) is 0 Å². The summed E-state index contributed by atoms with van der Waals surface area (Å²) in [6, 6.07) is 17.6. The average Bonchev–Trinajstić information content (AvgIpc) is 2.75. The van der Waals surface area contributed by atoms with Gasteiger partial charge in [0.1, 0.15) is 5.75 Å². The summed E-state index contributed by atoms with van der Waals surface area (Å²) in [7, 11) is 0. The molecule has 0 spiro atoms. The first kappa shape index (κ1) is 21.4. The smallest absolute Gasteiger partial charge is 0.259 e. The van der Waals surface area contributed by atoms with Crippen LogP contribution in [0.4, 0.5) is 5.69 Å². The molecule has 0 bridgehead atoms. The molecular weight excluding hydrogens is 376 g/mol. The van der Waals surface area contributed by atoms with E-state index in [1.807, 2.05) is 24.3 Å². The monoisotopic (exact) mass is 404 g/mol. The van der Waals surface area contributed by atoms with Crippen molar-refractivity contribution in [3.8, 4) is 5.75 Å². The summed E-state index contributed by atoms with van der Waals surface area (Å²) in [6.45, 7) is 2.78. The molecule has 0 aromatic heterocycles. The normalized spacial score (nSPS) is 10.7. The number of rotatable bonds is 9. The minimum Gasteiger partial charge on any atom is -0.507 e. The van der Waals surface area contributed by atoms with E-state index < -0.39 is 5.91 Å². The van der Waals surface area contributed by atoms with Crippen LogP contribution < -0.4 is 10.6 Å². The molecule has 5 heteroatoms. The van der Waals surface area contributed by atoms with E-state index in [1.165, 1.54) is 19.3 Å². The van der Waals surface area contributed by atoms with E-state index in [0.29, 0.717) is 17.8 Å². The molecule has 0 radical (unpaired) electrons. The molecular formula is C25H28N2O3. The molecule has 3 N–H and O–H groups in total. The molecule has 30 heavy (non-hydrogen) atoms. The predicted molar refractivity (Wildman–Crippen MR) is 121 cm³/mol. The van der Waals surface area contributed by atoms with E-state index in [4.69, 9.17) is 0 Å². The lowest BCUT2D eigenvalue weighted by Gasteiger charge is -2.12. The highest BCUT2D eigenvalue weighted by Crippen LogP contribution is 2.26. The van der Waals surface area contributed by atoms with Gasteiger partial charge in [0.2, 0.25) is 0 Å². The van der Waals surface area contributed by atoms with Gasteiger partial charge in [-0.1, -0.05) is 69.0 Å². The van der Waals surface area contributed by atoms with Crippen LogP contribution in [0, 0.1) is 0 Å². The van der Waals surface area contributed by atoms with Crippen molar-refractivity contribution in [2.75, 3.05) is 11.9 Å². The summed E-state index contributed by atoms with van der Waals surface area (Å²) in [4.78, 5) is 25.4. The van der Waals surface area contributed by atoms with Crippen LogP contribution in [-0.2, 0) is 0 Å². The number of fused-ring (bicyclic) bond motifs is 1. The van der Waals surface area contributed by atoms with Crippen molar-refractivity contribution in [1.29, 1.82) is 0 Å². The van der Waals surface area contributed by atoms with Crippen molar-refractivity contribution in [3.63, 3.8) is 0 Å². The maximum absolute atomic E-state index is 12.8. The van der Waals surface area contributed by atoms with E-state index >= 15 is 0 Å². The van der Waals surface area contributed by atoms with Crippen LogP contribution >= 0.6 is 0 Å². The number of unbranched alkanes of at least 4 members (excludes halogenated alkanes) is 4. The molecule has 0 aliphatic carbocycles. The van der Waals surface area contributed by atoms with Crippen LogP contribution in [0.3, 0.4) is 0 Å². The van der Waals surface area contributed by atoms with Gasteiger partial charge in [0.25, 0.3) is 11.8 Å². The van der Waals surface area contributed by atoms with Gasteiger partial charge in [0.05, 0.1) is 16.8 Å². The summed E-state index contributed by atoms with van der Waals surface area (Å²) in [6.07, 6.45) is 5.60. The number of phenolic OH excluding ortho intramolecular Hbond substituents is 1. The number of hydrogen-bond acceptors (Lipinski definition) is 3. The molecule has 2 amide bonds. The van der Waals surface area contributed by atoms with Crippen molar-refractivity contribution in [1.82, 2.24) is 5.32 Å². The number of carbonyl (C=O) groups is 2. The Hall–Kier alpha value is -3.34. The summed E-state index contributed by atoms with van der Waals surface area (Å²) in [5.74, 6) is -0.776. The fourth-order valence-electron chi connectivity index (χ4n) is 3.42. The van der Waals surface area contributed by atoms with Crippen LogP contribution in [0.1, 0.15) is 59.7 Å². The number of hydrogen-bond donors (Lipinski definition) is 3. The molecule has 0 saturated carbocycles. The van der Waals surface area contributed by atoms with Gasteiger partial charge in [0, 0.05) is 6.54 Å². The zero-order valence-electron chi connectivity index (χ0n) is 17.3. The highest BCUT2D eigenvalue weighted by molar-refractivity contribution is 6.11. The minimum atomic E-state index is -0.460. The van der Waals surface area contributed by atoms with E-state index in [2.05, 4.69) is 17.6 Å². The molecule has 3 aromatic rings. The van der Waals surface area contributed by atoms with Crippen LogP contribution in [0.25, 0.3) is 10.8 Å². The highest BCUT2D eigenvalue weighted by Gasteiger charge is 2.16. The maximum Gasteiger partial charge on any atom is 0.259 e. The predicted octanol–water partition coefficient (Wildman–Crippen LogP) is 5.50. The summed E-state index contributed by atoms with van der Waals surface area (Å²) >= 11 is 0. The zero-order valence-corrected chi connectivity index (χ0v) is 17.3. The van der Waals surface area contributed by atoms with E-state index in [-0.39, 0.29) is 17.2 Å². The van der Waals surface area contributed by atoms with E-state index in [9.17, 15) is 14.7 Å². The molecule has 156 valence electrons. The van der Waals surface area contributed by atoms with Crippen LogP contribution in [0.2, 0.25) is 0 Å². The first-order chi connectivity index (χ1) is 14.6. The Morgan fingerprint density at radius 1 is 0.800 bits per heavy atom. The fourth-order valence-corrected chi connectivity index (χ4v) is 3.42. The van der Waals surface area contributed by atoms with Gasteiger partial charge in [-0.3, -0.25) is 9.59 Å². The quantitative estimate of drug-likeness (QED) is 0.412. The third-order valence-electron chi connectivity index (χ3n) is 5.09. The van der Waals surface area contributed by atoms with Gasteiger partial charge in [-0.05, 0) is 41.5 Å². The van der Waals surface area contributed by atoms with E-state index in [0.717, 1.165) is 23.6 Å². The molecule has 0 atom stereocenters. The zero-order chi connectivity index (χ0) is 21.3. The van der Waals surface area contributed by atoms with E-state index in [1.54, 1.807) is 36.4 Å². The minimum absolute atomic E-state index is 0.0970. The van der Waals surface area contributed by atoms with Crippen LogP contribution in [-0.4, -0.2) is 23.5 Å². The molecule has 5 nitrogen and oxygen atoms in total. The molecule has 0 saturated heterocycles. The Balaban J connectivity index is 1.69. The molecule has 0 heterocycles. The molecule has 0 fully saturated rings. The highest BCUT2D eigenvalue weighted by atomic mass is 16.3. The maximum atomic E-state index is 12.8. The number of para-hydroxylation sites is 1. The summed E-state index contributed by atoms with van der Waals surface area (Å²) in [5.41, 5.74) is 0.984. The second-order valence-electron chi connectivity index (χ2n) is 7.39. The molecule has 0 aliphatic rings. The van der Waals surface area contributed by atoms with Gasteiger partial charge in [-0.25, -0.2) is 0 Å². The average molecular weight is 405 g/mol.